The Kier molecular flexibility index (Phi) is 8.50. The fourth-order valence-corrected chi connectivity index (χ4v) is 2.40. The maximum atomic E-state index is 12.1. The van der Waals surface area contributed by atoms with Gasteiger partial charge in [0.25, 0.3) is 11.8 Å². The summed E-state index contributed by atoms with van der Waals surface area (Å²) in [5, 5.41) is 7.87. The molecular formula is C21H25N3O5. The third-order valence-electron chi connectivity index (χ3n) is 3.70. The minimum Gasteiger partial charge on any atom is -0.494 e. The van der Waals surface area contributed by atoms with Gasteiger partial charge in [0.15, 0.2) is 6.61 Å². The first-order valence-corrected chi connectivity index (χ1v) is 9.32. The third kappa shape index (κ3) is 7.53. The van der Waals surface area contributed by atoms with Crippen molar-refractivity contribution < 1.29 is 23.9 Å². The third-order valence-corrected chi connectivity index (χ3v) is 3.70. The number of carbonyl (C=O) groups is 3. The van der Waals surface area contributed by atoms with Gasteiger partial charge >= 0.3 is 0 Å². The van der Waals surface area contributed by atoms with Crippen LogP contribution in [-0.4, -0.2) is 44.0 Å². The Morgan fingerprint density at radius 1 is 0.862 bits per heavy atom. The molecule has 0 spiro atoms. The van der Waals surface area contributed by atoms with Crippen LogP contribution in [0.3, 0.4) is 0 Å². The lowest BCUT2D eigenvalue weighted by molar-refractivity contribution is -0.123. The molecule has 0 aromatic heterocycles. The Labute approximate surface area is 169 Å². The quantitative estimate of drug-likeness (QED) is 0.566. The van der Waals surface area contributed by atoms with E-state index in [-0.39, 0.29) is 30.9 Å². The van der Waals surface area contributed by atoms with Crippen LogP contribution in [-0.2, 0) is 9.59 Å². The fraction of sp³-hybridized carbons (Fsp3) is 0.286. The molecule has 3 amide bonds. The van der Waals surface area contributed by atoms with Gasteiger partial charge in [0.05, 0.1) is 13.2 Å². The van der Waals surface area contributed by atoms with E-state index in [0.717, 1.165) is 0 Å². The van der Waals surface area contributed by atoms with Gasteiger partial charge in [0.1, 0.15) is 11.5 Å². The molecule has 8 heteroatoms. The van der Waals surface area contributed by atoms with Gasteiger partial charge in [-0.05, 0) is 50.2 Å². The highest BCUT2D eigenvalue weighted by atomic mass is 16.5. The molecule has 3 N–H and O–H groups in total. The molecule has 8 nitrogen and oxygen atoms in total. The summed E-state index contributed by atoms with van der Waals surface area (Å²) in [6.07, 6.45) is 0. The van der Waals surface area contributed by atoms with Crippen molar-refractivity contribution in [3.05, 3.63) is 54.1 Å². The van der Waals surface area contributed by atoms with Crippen molar-refractivity contribution in [2.45, 2.75) is 13.8 Å². The molecular weight excluding hydrogens is 374 g/mol. The first-order valence-electron chi connectivity index (χ1n) is 9.32. The molecule has 0 aliphatic heterocycles. The van der Waals surface area contributed by atoms with Gasteiger partial charge in [-0.3, -0.25) is 14.4 Å². The number of hydrogen-bond acceptors (Lipinski definition) is 5. The van der Waals surface area contributed by atoms with Crippen LogP contribution in [0.2, 0.25) is 0 Å². The van der Waals surface area contributed by atoms with Gasteiger partial charge < -0.3 is 25.4 Å². The van der Waals surface area contributed by atoms with Crippen molar-refractivity contribution in [1.29, 1.82) is 0 Å². The van der Waals surface area contributed by atoms with Crippen LogP contribution >= 0.6 is 0 Å². The number of benzene rings is 2. The topological polar surface area (TPSA) is 106 Å². The van der Waals surface area contributed by atoms with Gasteiger partial charge in [-0.15, -0.1) is 0 Å². The maximum Gasteiger partial charge on any atom is 0.257 e. The SMILES string of the molecule is CCNC(=O)COc1cccc(NC(=O)CNC(=O)c2ccc(OCC)cc2)c1. The van der Waals surface area contributed by atoms with Crippen molar-refractivity contribution in [3.8, 4) is 11.5 Å². The van der Waals surface area contributed by atoms with Crippen molar-refractivity contribution >= 4 is 23.4 Å². The average Bonchev–Trinajstić information content (AvgIpc) is 2.72. The number of rotatable bonds is 10. The highest BCUT2D eigenvalue weighted by Gasteiger charge is 2.09. The minimum atomic E-state index is -0.384. The smallest absolute Gasteiger partial charge is 0.257 e. The lowest BCUT2D eigenvalue weighted by atomic mass is 10.2. The molecule has 2 aromatic rings. The fourth-order valence-electron chi connectivity index (χ4n) is 2.40. The summed E-state index contributed by atoms with van der Waals surface area (Å²) in [7, 11) is 0. The van der Waals surface area contributed by atoms with Crippen molar-refractivity contribution in [2.24, 2.45) is 0 Å². The summed E-state index contributed by atoms with van der Waals surface area (Å²) in [6.45, 7) is 4.48. The van der Waals surface area contributed by atoms with Crippen LogP contribution in [0.25, 0.3) is 0 Å². The molecule has 0 saturated carbocycles. The summed E-state index contributed by atoms with van der Waals surface area (Å²) >= 11 is 0. The monoisotopic (exact) mass is 399 g/mol. The Morgan fingerprint density at radius 2 is 1.62 bits per heavy atom. The Balaban J connectivity index is 1.82. The first-order chi connectivity index (χ1) is 14.0. The summed E-state index contributed by atoms with van der Waals surface area (Å²) in [4.78, 5) is 35.7. The second-order valence-electron chi connectivity index (χ2n) is 5.96. The van der Waals surface area contributed by atoms with E-state index in [1.54, 1.807) is 48.5 Å². The lowest BCUT2D eigenvalue weighted by Gasteiger charge is -2.10. The Bertz CT molecular complexity index is 836. The number of anilines is 1. The average molecular weight is 399 g/mol. The van der Waals surface area contributed by atoms with Crippen LogP contribution in [0.4, 0.5) is 5.69 Å². The normalized spacial score (nSPS) is 10.0. The number of ether oxygens (including phenoxy) is 2. The number of nitrogens with one attached hydrogen (secondary N) is 3. The molecule has 2 aromatic carbocycles. The van der Waals surface area contributed by atoms with Crippen LogP contribution in [0.1, 0.15) is 24.2 Å². The highest BCUT2D eigenvalue weighted by molar-refractivity contribution is 5.99. The summed E-state index contributed by atoms with van der Waals surface area (Å²) in [5.41, 5.74) is 0.931. The van der Waals surface area contributed by atoms with E-state index in [9.17, 15) is 14.4 Å². The Morgan fingerprint density at radius 3 is 2.31 bits per heavy atom. The molecule has 2 rings (SSSR count). The number of likely N-dealkylation sites (N-methyl/N-ethyl adjacent to an activating group) is 1. The second kappa shape index (κ2) is 11.3. The van der Waals surface area contributed by atoms with Gasteiger partial charge in [-0.2, -0.15) is 0 Å². The summed E-state index contributed by atoms with van der Waals surface area (Å²) in [6, 6.07) is 13.3. The van der Waals surface area contributed by atoms with E-state index in [4.69, 9.17) is 9.47 Å². The number of amides is 3. The van der Waals surface area contributed by atoms with E-state index in [2.05, 4.69) is 16.0 Å². The molecule has 0 aliphatic carbocycles. The van der Waals surface area contributed by atoms with Crippen molar-refractivity contribution in [1.82, 2.24) is 10.6 Å². The zero-order valence-corrected chi connectivity index (χ0v) is 16.5. The highest BCUT2D eigenvalue weighted by Crippen LogP contribution is 2.17. The largest absolute Gasteiger partial charge is 0.494 e. The molecule has 0 radical (unpaired) electrons. The number of hydrogen-bond donors (Lipinski definition) is 3. The molecule has 0 aliphatic rings. The molecule has 154 valence electrons. The minimum absolute atomic E-state index is 0.108. The molecule has 0 atom stereocenters. The predicted molar refractivity (Wildman–Crippen MR) is 109 cm³/mol. The van der Waals surface area contributed by atoms with Crippen molar-refractivity contribution in [2.75, 3.05) is 31.6 Å². The van der Waals surface area contributed by atoms with E-state index < -0.39 is 0 Å². The zero-order chi connectivity index (χ0) is 21.1. The molecule has 0 unspecified atom stereocenters. The first kappa shape index (κ1) is 21.7. The zero-order valence-electron chi connectivity index (χ0n) is 16.5. The van der Waals surface area contributed by atoms with Gasteiger partial charge in [-0.25, -0.2) is 0 Å². The molecule has 29 heavy (non-hydrogen) atoms. The van der Waals surface area contributed by atoms with Gasteiger partial charge in [0.2, 0.25) is 5.91 Å². The lowest BCUT2D eigenvalue weighted by Crippen LogP contribution is -2.32. The van der Waals surface area contributed by atoms with E-state index in [1.165, 1.54) is 0 Å². The van der Waals surface area contributed by atoms with E-state index in [0.29, 0.717) is 35.9 Å². The van der Waals surface area contributed by atoms with Crippen LogP contribution < -0.4 is 25.4 Å². The van der Waals surface area contributed by atoms with Crippen LogP contribution in [0.5, 0.6) is 11.5 Å². The maximum absolute atomic E-state index is 12.1. The summed E-state index contributed by atoms with van der Waals surface area (Å²) < 4.78 is 10.7. The van der Waals surface area contributed by atoms with E-state index >= 15 is 0 Å². The van der Waals surface area contributed by atoms with Gasteiger partial charge in [-0.1, -0.05) is 6.07 Å². The Hall–Kier alpha value is -3.55. The standard InChI is InChI=1S/C21H25N3O5/c1-3-22-20(26)14-29-18-7-5-6-16(12-18)24-19(25)13-23-21(27)15-8-10-17(11-9-15)28-4-2/h5-12H,3-4,13-14H2,1-2H3,(H,22,26)(H,23,27)(H,24,25). The summed E-state index contributed by atoms with van der Waals surface area (Å²) in [5.74, 6) is 0.162. The van der Waals surface area contributed by atoms with Crippen LogP contribution in [0.15, 0.2) is 48.5 Å². The van der Waals surface area contributed by atoms with Crippen molar-refractivity contribution in [3.63, 3.8) is 0 Å². The second-order valence-corrected chi connectivity index (χ2v) is 5.96. The molecule has 0 heterocycles. The molecule has 0 bridgehead atoms. The molecule has 0 saturated heterocycles. The van der Waals surface area contributed by atoms with Crippen LogP contribution in [0, 0.1) is 0 Å². The molecule has 0 fully saturated rings. The number of carbonyl (C=O) groups excluding carboxylic acids is 3. The predicted octanol–water partition coefficient (Wildman–Crippen LogP) is 1.97. The van der Waals surface area contributed by atoms with E-state index in [1.807, 2.05) is 13.8 Å². The van der Waals surface area contributed by atoms with Gasteiger partial charge in [0, 0.05) is 23.9 Å².